The molecule has 0 saturated carbocycles. The molecule has 1 aromatic heterocycles. The molecule has 2 heterocycles. The number of piperidine rings is 1. The number of ether oxygens (including phenoxy) is 2. The van der Waals surface area contributed by atoms with Crippen LogP contribution in [0.4, 0.5) is 5.82 Å². The van der Waals surface area contributed by atoms with E-state index in [1.54, 1.807) is 25.7 Å². The average molecular weight is 413 g/mol. The summed E-state index contributed by atoms with van der Waals surface area (Å²) in [5.41, 5.74) is 0.984. The van der Waals surface area contributed by atoms with Gasteiger partial charge < -0.3 is 19.7 Å². The molecule has 7 heteroatoms. The molecule has 1 atom stereocenters. The minimum absolute atomic E-state index is 0.0544. The molecular weight excluding hydrogens is 380 g/mol. The predicted molar refractivity (Wildman–Crippen MR) is 117 cm³/mol. The SMILES string of the molecule is COc1cc(CNC(=O)[C@H]2CCCN(c3cnccn3)C2)ccc1OCCC(C)C. The van der Waals surface area contributed by atoms with Crippen LogP contribution in [0.25, 0.3) is 0 Å². The molecular formula is C23H32N4O3. The van der Waals surface area contributed by atoms with Crippen molar-refractivity contribution in [3.63, 3.8) is 0 Å². The van der Waals surface area contributed by atoms with E-state index in [-0.39, 0.29) is 11.8 Å². The van der Waals surface area contributed by atoms with Crippen LogP contribution in [0.1, 0.15) is 38.7 Å². The molecule has 0 spiro atoms. The van der Waals surface area contributed by atoms with E-state index in [2.05, 4.69) is 34.0 Å². The number of nitrogens with zero attached hydrogens (tertiary/aromatic N) is 3. The maximum atomic E-state index is 12.7. The number of carbonyl (C=O) groups excluding carboxylic acids is 1. The first-order valence-electron chi connectivity index (χ1n) is 10.6. The summed E-state index contributed by atoms with van der Waals surface area (Å²) in [6, 6.07) is 5.81. The average Bonchev–Trinajstić information content (AvgIpc) is 2.78. The van der Waals surface area contributed by atoms with Crippen LogP contribution in [0.3, 0.4) is 0 Å². The van der Waals surface area contributed by atoms with Gasteiger partial charge in [0.1, 0.15) is 5.82 Å². The summed E-state index contributed by atoms with van der Waals surface area (Å²) in [6.45, 7) is 7.03. The van der Waals surface area contributed by atoms with Gasteiger partial charge in [0, 0.05) is 32.0 Å². The molecule has 0 aliphatic carbocycles. The lowest BCUT2D eigenvalue weighted by molar-refractivity contribution is -0.125. The van der Waals surface area contributed by atoms with Gasteiger partial charge in [-0.3, -0.25) is 9.78 Å². The maximum absolute atomic E-state index is 12.7. The molecule has 0 bridgehead atoms. The molecule has 1 saturated heterocycles. The Kier molecular flexibility index (Phi) is 7.88. The molecule has 1 N–H and O–H groups in total. The molecule has 0 radical (unpaired) electrons. The van der Waals surface area contributed by atoms with Crippen molar-refractivity contribution in [1.82, 2.24) is 15.3 Å². The molecule has 1 fully saturated rings. The fraction of sp³-hybridized carbons (Fsp3) is 0.522. The number of methoxy groups -OCH3 is 1. The normalized spacial score (nSPS) is 16.4. The summed E-state index contributed by atoms with van der Waals surface area (Å²) in [6.07, 6.45) is 7.93. The minimum atomic E-state index is -0.0544. The summed E-state index contributed by atoms with van der Waals surface area (Å²) in [4.78, 5) is 23.4. The van der Waals surface area contributed by atoms with E-state index in [9.17, 15) is 4.79 Å². The Bertz CT molecular complexity index is 813. The van der Waals surface area contributed by atoms with Crippen molar-refractivity contribution < 1.29 is 14.3 Å². The number of rotatable bonds is 9. The predicted octanol–water partition coefficient (Wildman–Crippen LogP) is 3.44. The first kappa shape index (κ1) is 21.9. The highest BCUT2D eigenvalue weighted by Gasteiger charge is 2.26. The van der Waals surface area contributed by atoms with E-state index in [1.807, 2.05) is 18.2 Å². The number of anilines is 1. The van der Waals surface area contributed by atoms with E-state index in [0.29, 0.717) is 31.4 Å². The monoisotopic (exact) mass is 412 g/mol. The standard InChI is InChI=1S/C23H32N4O3/c1-17(2)8-12-30-20-7-6-18(13-21(20)29-3)14-26-23(28)19-5-4-11-27(16-19)22-15-24-9-10-25-22/h6-7,9-10,13,15,17,19H,4-5,8,11-12,14,16H2,1-3H3,(H,26,28)/t19-/m0/s1. The molecule has 3 rings (SSSR count). The second-order valence-electron chi connectivity index (χ2n) is 8.08. The number of benzene rings is 1. The number of nitrogens with one attached hydrogen (secondary N) is 1. The van der Waals surface area contributed by atoms with E-state index < -0.39 is 0 Å². The van der Waals surface area contributed by atoms with E-state index >= 15 is 0 Å². The van der Waals surface area contributed by atoms with Crippen LogP contribution in [-0.4, -0.2) is 42.7 Å². The lowest BCUT2D eigenvalue weighted by Gasteiger charge is -2.32. The lowest BCUT2D eigenvalue weighted by Crippen LogP contribution is -2.43. The quantitative estimate of drug-likeness (QED) is 0.680. The van der Waals surface area contributed by atoms with Gasteiger partial charge in [0.05, 0.1) is 25.8 Å². The molecule has 1 aromatic carbocycles. The number of amides is 1. The van der Waals surface area contributed by atoms with Crippen LogP contribution in [0.2, 0.25) is 0 Å². The lowest BCUT2D eigenvalue weighted by atomic mass is 9.97. The molecule has 0 unspecified atom stereocenters. The Balaban J connectivity index is 1.53. The Morgan fingerprint density at radius 2 is 2.17 bits per heavy atom. The highest BCUT2D eigenvalue weighted by atomic mass is 16.5. The van der Waals surface area contributed by atoms with Crippen molar-refractivity contribution in [2.75, 3.05) is 31.7 Å². The zero-order valence-electron chi connectivity index (χ0n) is 18.1. The smallest absolute Gasteiger partial charge is 0.225 e. The van der Waals surface area contributed by atoms with Crippen LogP contribution in [0.5, 0.6) is 11.5 Å². The Morgan fingerprint density at radius 1 is 1.30 bits per heavy atom. The summed E-state index contributed by atoms with van der Waals surface area (Å²) >= 11 is 0. The number of hydrogen-bond donors (Lipinski definition) is 1. The van der Waals surface area contributed by atoms with Gasteiger partial charge in [0.2, 0.25) is 5.91 Å². The first-order chi connectivity index (χ1) is 14.6. The molecule has 2 aromatic rings. The van der Waals surface area contributed by atoms with Gasteiger partial charge in [-0.25, -0.2) is 4.98 Å². The van der Waals surface area contributed by atoms with Crippen LogP contribution < -0.4 is 19.7 Å². The van der Waals surface area contributed by atoms with Crippen LogP contribution >= 0.6 is 0 Å². The zero-order valence-corrected chi connectivity index (χ0v) is 18.1. The largest absolute Gasteiger partial charge is 0.493 e. The van der Waals surface area contributed by atoms with Gasteiger partial charge in [-0.2, -0.15) is 0 Å². The Hall–Kier alpha value is -2.83. The molecule has 7 nitrogen and oxygen atoms in total. The summed E-state index contributed by atoms with van der Waals surface area (Å²) in [7, 11) is 1.64. The topological polar surface area (TPSA) is 76.6 Å². The summed E-state index contributed by atoms with van der Waals surface area (Å²) < 4.78 is 11.3. The third kappa shape index (κ3) is 6.08. The van der Waals surface area contributed by atoms with Crippen LogP contribution in [-0.2, 0) is 11.3 Å². The fourth-order valence-corrected chi connectivity index (χ4v) is 3.53. The van der Waals surface area contributed by atoms with Crippen molar-refractivity contribution >= 4 is 11.7 Å². The van der Waals surface area contributed by atoms with E-state index in [0.717, 1.165) is 42.9 Å². The second kappa shape index (κ2) is 10.8. The maximum Gasteiger partial charge on any atom is 0.225 e. The van der Waals surface area contributed by atoms with Gasteiger partial charge in [0.15, 0.2) is 11.5 Å². The molecule has 1 aliphatic heterocycles. The zero-order chi connectivity index (χ0) is 21.3. The minimum Gasteiger partial charge on any atom is -0.493 e. The molecule has 1 amide bonds. The van der Waals surface area contributed by atoms with Crippen LogP contribution in [0.15, 0.2) is 36.8 Å². The fourth-order valence-electron chi connectivity index (χ4n) is 3.53. The molecule has 30 heavy (non-hydrogen) atoms. The molecule has 1 aliphatic rings. The highest BCUT2D eigenvalue weighted by Crippen LogP contribution is 2.28. The Labute approximate surface area is 178 Å². The third-order valence-electron chi connectivity index (χ3n) is 5.31. The second-order valence-corrected chi connectivity index (χ2v) is 8.08. The van der Waals surface area contributed by atoms with Gasteiger partial charge >= 0.3 is 0 Å². The summed E-state index contributed by atoms with van der Waals surface area (Å²) in [5, 5.41) is 3.07. The number of aromatic nitrogens is 2. The van der Waals surface area contributed by atoms with Gasteiger partial charge in [-0.1, -0.05) is 19.9 Å². The van der Waals surface area contributed by atoms with Gasteiger partial charge in [0.25, 0.3) is 0 Å². The van der Waals surface area contributed by atoms with Crippen molar-refractivity contribution in [2.24, 2.45) is 11.8 Å². The highest BCUT2D eigenvalue weighted by molar-refractivity contribution is 5.79. The van der Waals surface area contributed by atoms with Crippen molar-refractivity contribution in [2.45, 2.75) is 39.7 Å². The molecule has 162 valence electrons. The van der Waals surface area contributed by atoms with Gasteiger partial charge in [-0.05, 0) is 42.9 Å². The van der Waals surface area contributed by atoms with Crippen molar-refractivity contribution in [3.8, 4) is 11.5 Å². The van der Waals surface area contributed by atoms with Crippen molar-refractivity contribution in [1.29, 1.82) is 0 Å². The first-order valence-corrected chi connectivity index (χ1v) is 10.6. The van der Waals surface area contributed by atoms with E-state index in [1.165, 1.54) is 0 Å². The summed E-state index contributed by atoms with van der Waals surface area (Å²) in [5.74, 6) is 2.86. The Morgan fingerprint density at radius 3 is 2.90 bits per heavy atom. The third-order valence-corrected chi connectivity index (χ3v) is 5.31. The number of hydrogen-bond acceptors (Lipinski definition) is 6. The van der Waals surface area contributed by atoms with Crippen LogP contribution in [0, 0.1) is 11.8 Å². The van der Waals surface area contributed by atoms with E-state index in [4.69, 9.17) is 9.47 Å². The van der Waals surface area contributed by atoms with Crippen molar-refractivity contribution in [3.05, 3.63) is 42.4 Å². The van der Waals surface area contributed by atoms with Gasteiger partial charge in [-0.15, -0.1) is 0 Å². The number of carbonyl (C=O) groups is 1.